The molecule has 3 rings (SSSR count). The van der Waals surface area contributed by atoms with Crippen LogP contribution in [0.3, 0.4) is 0 Å². The van der Waals surface area contributed by atoms with Crippen LogP contribution in [-0.2, 0) is 16.1 Å². The van der Waals surface area contributed by atoms with Crippen LogP contribution >= 0.6 is 0 Å². The minimum absolute atomic E-state index is 0. The van der Waals surface area contributed by atoms with Gasteiger partial charge in [0.05, 0.1) is 0 Å². The molecule has 0 aliphatic rings. The molecular formula is C17H16BrNO2. The van der Waals surface area contributed by atoms with Crippen molar-refractivity contribution >= 4 is 27.8 Å². The summed E-state index contributed by atoms with van der Waals surface area (Å²) < 4.78 is 7.29. The Balaban J connectivity index is 0.00000161. The first-order valence-corrected chi connectivity index (χ1v) is 6.69. The summed E-state index contributed by atoms with van der Waals surface area (Å²) in [6, 6.07) is 18.7. The summed E-state index contributed by atoms with van der Waals surface area (Å²) in [5.41, 5.74) is 2.30. The second-order valence-corrected chi connectivity index (χ2v) is 4.75. The Labute approximate surface area is 133 Å². The Morgan fingerprint density at radius 2 is 1.52 bits per heavy atom. The first kappa shape index (κ1) is 15.4. The number of ether oxygens (including phenoxy) is 1. The fourth-order valence-corrected chi connectivity index (χ4v) is 2.53. The lowest BCUT2D eigenvalue weighted by molar-refractivity contribution is -0.646. The van der Waals surface area contributed by atoms with Crippen molar-refractivity contribution in [3.63, 3.8) is 0 Å². The molecule has 0 unspecified atom stereocenters. The molecule has 0 N–H and O–H groups in total. The Bertz CT molecular complexity index is 732. The zero-order chi connectivity index (χ0) is 13.9. The number of carbonyl (C=O) groups is 1. The molecule has 108 valence electrons. The van der Waals surface area contributed by atoms with Crippen molar-refractivity contribution in [3.8, 4) is 0 Å². The maximum absolute atomic E-state index is 10.9. The number of rotatable bonds is 3. The largest absolute Gasteiger partial charge is 1.00 e. The highest BCUT2D eigenvalue weighted by Crippen LogP contribution is 2.17. The number of para-hydroxylation sites is 2. The third kappa shape index (κ3) is 3.22. The highest BCUT2D eigenvalue weighted by molar-refractivity contribution is 5.88. The molecule has 2 aromatic carbocycles. The van der Waals surface area contributed by atoms with Gasteiger partial charge in [-0.15, -0.1) is 0 Å². The summed E-state index contributed by atoms with van der Waals surface area (Å²) in [6.07, 6.45) is 0. The molecule has 0 saturated carbocycles. The van der Waals surface area contributed by atoms with Crippen molar-refractivity contribution in [1.29, 1.82) is 0 Å². The lowest BCUT2D eigenvalue weighted by Gasteiger charge is -2.06. The van der Waals surface area contributed by atoms with Crippen LogP contribution in [0.5, 0.6) is 0 Å². The van der Waals surface area contributed by atoms with E-state index in [1.54, 1.807) is 0 Å². The number of fused-ring (bicyclic) bond motifs is 2. The average Bonchev–Trinajstić information content (AvgIpc) is 2.46. The van der Waals surface area contributed by atoms with Crippen LogP contribution in [0.4, 0.5) is 0 Å². The predicted octanol–water partition coefficient (Wildman–Crippen LogP) is -0.152. The summed E-state index contributed by atoms with van der Waals surface area (Å²) >= 11 is 0. The zero-order valence-electron chi connectivity index (χ0n) is 11.8. The normalized spacial score (nSPS) is 10.3. The summed E-state index contributed by atoms with van der Waals surface area (Å²) in [6.45, 7) is 2.48. The van der Waals surface area contributed by atoms with Gasteiger partial charge in [-0.1, -0.05) is 24.3 Å². The highest BCUT2D eigenvalue weighted by Gasteiger charge is 2.14. The molecule has 0 saturated heterocycles. The molecule has 4 heteroatoms. The second-order valence-electron chi connectivity index (χ2n) is 4.75. The van der Waals surface area contributed by atoms with Crippen LogP contribution in [0.2, 0.25) is 0 Å². The minimum atomic E-state index is -0.241. The average molecular weight is 346 g/mol. The molecule has 0 atom stereocenters. The van der Waals surface area contributed by atoms with Crippen molar-refractivity contribution in [2.24, 2.45) is 0 Å². The number of pyridine rings is 1. The van der Waals surface area contributed by atoms with Gasteiger partial charge in [-0.05, 0) is 18.2 Å². The minimum Gasteiger partial charge on any atom is -1.00 e. The predicted molar refractivity (Wildman–Crippen MR) is 78.3 cm³/mol. The van der Waals surface area contributed by atoms with E-state index < -0.39 is 0 Å². The van der Waals surface area contributed by atoms with Crippen molar-refractivity contribution in [3.05, 3.63) is 54.6 Å². The third-order valence-electron chi connectivity index (χ3n) is 3.39. The third-order valence-corrected chi connectivity index (χ3v) is 3.39. The molecule has 3 aromatic rings. The molecule has 0 bridgehead atoms. The van der Waals surface area contributed by atoms with Gasteiger partial charge in [0.25, 0.3) is 0 Å². The lowest BCUT2D eigenvalue weighted by atomic mass is 10.1. The topological polar surface area (TPSA) is 30.2 Å². The van der Waals surface area contributed by atoms with Gasteiger partial charge in [-0.2, -0.15) is 4.57 Å². The molecule has 0 aliphatic heterocycles. The molecule has 1 heterocycles. The van der Waals surface area contributed by atoms with Gasteiger partial charge in [0.15, 0.2) is 13.2 Å². The van der Waals surface area contributed by atoms with Gasteiger partial charge in [-0.3, -0.25) is 4.79 Å². The van der Waals surface area contributed by atoms with E-state index in [2.05, 4.69) is 34.9 Å². The van der Waals surface area contributed by atoms with Gasteiger partial charge in [0.2, 0.25) is 11.0 Å². The molecule has 21 heavy (non-hydrogen) atoms. The fraction of sp³-hybridized carbons (Fsp3) is 0.176. The number of hydrogen-bond acceptors (Lipinski definition) is 2. The molecule has 0 amide bonds. The Kier molecular flexibility index (Phi) is 4.91. The quantitative estimate of drug-likeness (QED) is 0.375. The van der Waals surface area contributed by atoms with E-state index in [-0.39, 0.29) is 23.0 Å². The molecule has 0 fully saturated rings. The van der Waals surface area contributed by atoms with Crippen molar-refractivity contribution < 1.29 is 31.1 Å². The Hall–Kier alpha value is -1.94. The Morgan fingerprint density at radius 3 is 2.05 bits per heavy atom. The Morgan fingerprint density at radius 1 is 1.00 bits per heavy atom. The van der Waals surface area contributed by atoms with E-state index in [1.165, 1.54) is 17.7 Å². The summed E-state index contributed by atoms with van der Waals surface area (Å²) in [4.78, 5) is 10.9. The van der Waals surface area contributed by atoms with Crippen LogP contribution in [0.15, 0.2) is 54.6 Å². The molecule has 1 aromatic heterocycles. The molecule has 3 nitrogen and oxygen atoms in total. The van der Waals surface area contributed by atoms with E-state index in [0.29, 0.717) is 13.2 Å². The van der Waals surface area contributed by atoms with Crippen LogP contribution < -0.4 is 21.5 Å². The smallest absolute Gasteiger partial charge is 0.302 e. The summed E-state index contributed by atoms with van der Waals surface area (Å²) in [5.74, 6) is -0.241. The van der Waals surface area contributed by atoms with Crippen LogP contribution in [0.1, 0.15) is 6.92 Å². The number of hydrogen-bond donors (Lipinski definition) is 0. The molecular weight excluding hydrogens is 330 g/mol. The van der Waals surface area contributed by atoms with E-state index in [1.807, 2.05) is 24.3 Å². The van der Waals surface area contributed by atoms with Gasteiger partial charge in [0.1, 0.15) is 0 Å². The first-order chi connectivity index (χ1) is 9.75. The number of benzene rings is 2. The van der Waals surface area contributed by atoms with Gasteiger partial charge in [-0.25, -0.2) is 0 Å². The maximum Gasteiger partial charge on any atom is 0.302 e. The number of aromatic nitrogens is 1. The van der Waals surface area contributed by atoms with Crippen molar-refractivity contribution in [2.75, 3.05) is 6.61 Å². The van der Waals surface area contributed by atoms with E-state index >= 15 is 0 Å². The van der Waals surface area contributed by atoms with Gasteiger partial charge < -0.3 is 21.7 Å². The molecule has 0 aliphatic carbocycles. The zero-order valence-corrected chi connectivity index (χ0v) is 13.3. The monoisotopic (exact) mass is 345 g/mol. The number of esters is 1. The summed E-state index contributed by atoms with van der Waals surface area (Å²) in [7, 11) is 0. The van der Waals surface area contributed by atoms with Crippen LogP contribution in [0, 0.1) is 0 Å². The standard InChI is InChI=1S/C17H16NO2.BrH/c1-13(19)20-11-10-18-16-8-4-2-6-14(16)12-15-7-3-5-9-17(15)18;/h2-9,12H,10-11H2,1H3;1H/q+1;/p-1. The lowest BCUT2D eigenvalue weighted by Crippen LogP contribution is -3.00. The molecule has 0 radical (unpaired) electrons. The fourth-order valence-electron chi connectivity index (χ4n) is 2.53. The summed E-state index contributed by atoms with van der Waals surface area (Å²) in [5, 5.41) is 2.38. The second kappa shape index (κ2) is 6.68. The van der Waals surface area contributed by atoms with Crippen LogP contribution in [-0.4, -0.2) is 12.6 Å². The SMILES string of the molecule is CC(=O)OCC[n+]1c2ccccc2cc2ccccc21.[Br-]. The number of halogens is 1. The van der Waals surface area contributed by atoms with Crippen LogP contribution in [0.25, 0.3) is 21.8 Å². The van der Waals surface area contributed by atoms with Gasteiger partial charge in [0, 0.05) is 29.8 Å². The van der Waals surface area contributed by atoms with E-state index in [4.69, 9.17) is 4.74 Å². The first-order valence-electron chi connectivity index (χ1n) is 6.69. The van der Waals surface area contributed by atoms with E-state index in [9.17, 15) is 4.79 Å². The highest BCUT2D eigenvalue weighted by atomic mass is 79.9. The van der Waals surface area contributed by atoms with Gasteiger partial charge >= 0.3 is 5.97 Å². The number of carbonyl (C=O) groups excluding carboxylic acids is 1. The van der Waals surface area contributed by atoms with Crippen molar-refractivity contribution in [1.82, 2.24) is 0 Å². The molecule has 0 spiro atoms. The van der Waals surface area contributed by atoms with E-state index in [0.717, 1.165) is 11.0 Å². The number of nitrogens with zero attached hydrogens (tertiary/aromatic N) is 1. The van der Waals surface area contributed by atoms with Crippen molar-refractivity contribution in [2.45, 2.75) is 13.5 Å². The maximum atomic E-state index is 10.9.